The van der Waals surface area contributed by atoms with Crippen molar-refractivity contribution in [1.82, 2.24) is 20.1 Å². The van der Waals surface area contributed by atoms with Crippen LogP contribution in [0.5, 0.6) is 0 Å². The first kappa shape index (κ1) is 27.3. The SMILES string of the molecule is C=CCn1c(SCC(=O)Nc2ccc(Br)cc2)nnc1[C@@H](NC(=O)c1ccc(Cl)cc1Cl)C(C)C. The van der Waals surface area contributed by atoms with Crippen LogP contribution in [0.25, 0.3) is 0 Å². The number of nitrogens with zero attached hydrogens (tertiary/aromatic N) is 3. The zero-order valence-electron chi connectivity index (χ0n) is 19.1. The number of carbonyl (C=O) groups is 2. The molecular weight excluding hydrogens is 573 g/mol. The molecule has 7 nitrogen and oxygen atoms in total. The van der Waals surface area contributed by atoms with Gasteiger partial charge in [-0.05, 0) is 48.4 Å². The van der Waals surface area contributed by atoms with Crippen molar-refractivity contribution in [2.75, 3.05) is 11.1 Å². The number of carbonyl (C=O) groups excluding carboxylic acids is 2. The molecule has 35 heavy (non-hydrogen) atoms. The Balaban J connectivity index is 1.76. The standard InChI is InChI=1S/C24H24BrCl2N5O2S/c1-4-11-32-22(21(14(2)3)29-23(34)18-10-7-16(26)12-19(18)27)30-31-24(32)35-13-20(33)28-17-8-5-15(25)6-9-17/h4-10,12,14,21H,1,11,13H2,2-3H3,(H,28,33)(H,29,34)/t21-/m0/s1. The molecule has 11 heteroatoms. The molecule has 0 saturated carbocycles. The van der Waals surface area contributed by atoms with E-state index >= 15 is 0 Å². The summed E-state index contributed by atoms with van der Waals surface area (Å²) >= 11 is 16.8. The number of allylic oxidation sites excluding steroid dienone is 1. The largest absolute Gasteiger partial charge is 0.342 e. The lowest BCUT2D eigenvalue weighted by atomic mass is 10.0. The molecule has 0 radical (unpaired) electrons. The van der Waals surface area contributed by atoms with Gasteiger partial charge in [0.2, 0.25) is 5.91 Å². The van der Waals surface area contributed by atoms with Crippen LogP contribution < -0.4 is 10.6 Å². The van der Waals surface area contributed by atoms with Gasteiger partial charge in [-0.3, -0.25) is 9.59 Å². The first-order valence-corrected chi connectivity index (χ1v) is 13.2. The maximum atomic E-state index is 13.0. The van der Waals surface area contributed by atoms with Crippen molar-refractivity contribution in [3.05, 3.63) is 81.0 Å². The number of nitrogens with one attached hydrogen (secondary N) is 2. The summed E-state index contributed by atoms with van der Waals surface area (Å²) in [6.45, 7) is 8.18. The smallest absolute Gasteiger partial charge is 0.253 e. The van der Waals surface area contributed by atoms with E-state index in [-0.39, 0.29) is 28.5 Å². The number of hydrogen-bond acceptors (Lipinski definition) is 5. The summed E-state index contributed by atoms with van der Waals surface area (Å²) in [5.41, 5.74) is 1.02. The Kier molecular flexibility index (Phi) is 9.80. The van der Waals surface area contributed by atoms with Gasteiger partial charge in [-0.25, -0.2) is 0 Å². The second-order valence-corrected chi connectivity index (χ2v) is 10.6. The molecule has 3 aromatic rings. The maximum Gasteiger partial charge on any atom is 0.253 e. The van der Waals surface area contributed by atoms with Gasteiger partial charge in [0.1, 0.15) is 0 Å². The molecular formula is C24H24BrCl2N5O2S. The lowest BCUT2D eigenvalue weighted by molar-refractivity contribution is -0.113. The van der Waals surface area contributed by atoms with Gasteiger partial charge in [-0.15, -0.1) is 16.8 Å². The van der Waals surface area contributed by atoms with Gasteiger partial charge in [0, 0.05) is 21.7 Å². The quantitative estimate of drug-likeness (QED) is 0.209. The number of benzene rings is 2. The minimum atomic E-state index is -0.451. The third kappa shape index (κ3) is 7.33. The molecule has 1 atom stereocenters. The molecule has 0 unspecified atom stereocenters. The summed E-state index contributed by atoms with van der Waals surface area (Å²) in [7, 11) is 0. The molecule has 0 fully saturated rings. The van der Waals surface area contributed by atoms with Crippen molar-refractivity contribution >= 4 is 68.4 Å². The van der Waals surface area contributed by atoms with Crippen LogP contribution in [-0.2, 0) is 11.3 Å². The first-order chi connectivity index (χ1) is 16.7. The van der Waals surface area contributed by atoms with Crippen LogP contribution in [0.1, 0.15) is 36.1 Å². The molecule has 1 aromatic heterocycles. The lowest BCUT2D eigenvalue weighted by Gasteiger charge is -2.23. The summed E-state index contributed by atoms with van der Waals surface area (Å²) in [5, 5.41) is 15.8. The first-order valence-electron chi connectivity index (χ1n) is 10.7. The number of rotatable bonds is 10. The summed E-state index contributed by atoms with van der Waals surface area (Å²) in [5.74, 6) is 0.190. The molecule has 184 valence electrons. The van der Waals surface area contributed by atoms with Crippen molar-refractivity contribution in [1.29, 1.82) is 0 Å². The van der Waals surface area contributed by atoms with E-state index in [1.54, 1.807) is 18.2 Å². The topological polar surface area (TPSA) is 88.9 Å². The lowest BCUT2D eigenvalue weighted by Crippen LogP contribution is -2.34. The van der Waals surface area contributed by atoms with E-state index in [0.29, 0.717) is 33.8 Å². The van der Waals surface area contributed by atoms with E-state index in [2.05, 4.69) is 43.3 Å². The highest BCUT2D eigenvalue weighted by Gasteiger charge is 2.27. The van der Waals surface area contributed by atoms with E-state index in [0.717, 1.165) is 4.47 Å². The summed E-state index contributed by atoms with van der Waals surface area (Å²) in [4.78, 5) is 25.4. The van der Waals surface area contributed by atoms with Gasteiger partial charge >= 0.3 is 0 Å². The average Bonchev–Trinajstić information content (AvgIpc) is 3.19. The van der Waals surface area contributed by atoms with E-state index in [4.69, 9.17) is 23.2 Å². The van der Waals surface area contributed by atoms with Crippen LogP contribution in [0.15, 0.2) is 64.7 Å². The van der Waals surface area contributed by atoms with Crippen molar-refractivity contribution in [2.24, 2.45) is 5.92 Å². The Morgan fingerprint density at radius 1 is 1.17 bits per heavy atom. The fourth-order valence-electron chi connectivity index (χ4n) is 3.22. The monoisotopic (exact) mass is 595 g/mol. The second kappa shape index (κ2) is 12.6. The van der Waals surface area contributed by atoms with Gasteiger partial charge < -0.3 is 15.2 Å². The zero-order chi connectivity index (χ0) is 25.5. The van der Waals surface area contributed by atoms with Crippen LogP contribution in [0.3, 0.4) is 0 Å². The Labute approximate surface area is 226 Å². The van der Waals surface area contributed by atoms with Crippen molar-refractivity contribution in [2.45, 2.75) is 31.6 Å². The van der Waals surface area contributed by atoms with Gasteiger partial charge in [-0.2, -0.15) is 0 Å². The zero-order valence-corrected chi connectivity index (χ0v) is 23.0. The average molecular weight is 597 g/mol. The van der Waals surface area contributed by atoms with E-state index in [9.17, 15) is 9.59 Å². The Morgan fingerprint density at radius 3 is 2.51 bits per heavy atom. The normalized spacial score (nSPS) is 11.8. The number of anilines is 1. The van der Waals surface area contributed by atoms with E-state index < -0.39 is 6.04 Å². The molecule has 0 aliphatic rings. The van der Waals surface area contributed by atoms with Crippen LogP contribution in [0.4, 0.5) is 5.69 Å². The van der Waals surface area contributed by atoms with Crippen LogP contribution in [0, 0.1) is 5.92 Å². The predicted octanol–water partition coefficient (Wildman–Crippen LogP) is 6.39. The maximum absolute atomic E-state index is 13.0. The Bertz CT molecular complexity index is 1220. The number of thioether (sulfide) groups is 1. The molecule has 0 bridgehead atoms. The number of aromatic nitrogens is 3. The van der Waals surface area contributed by atoms with Gasteiger partial charge in [-0.1, -0.05) is 70.8 Å². The third-order valence-corrected chi connectivity index (χ3v) is 6.97. The van der Waals surface area contributed by atoms with Gasteiger partial charge in [0.25, 0.3) is 5.91 Å². The summed E-state index contributed by atoms with van der Waals surface area (Å²) in [6.07, 6.45) is 1.72. The fourth-order valence-corrected chi connectivity index (χ4v) is 4.73. The van der Waals surface area contributed by atoms with Crippen LogP contribution in [-0.4, -0.2) is 32.3 Å². The van der Waals surface area contributed by atoms with Crippen molar-refractivity contribution < 1.29 is 9.59 Å². The summed E-state index contributed by atoms with van der Waals surface area (Å²) in [6, 6.07) is 11.6. The second-order valence-electron chi connectivity index (χ2n) is 7.90. The predicted molar refractivity (Wildman–Crippen MR) is 145 cm³/mol. The fraction of sp³-hybridized carbons (Fsp3) is 0.250. The Hall–Kier alpha value is -2.33. The summed E-state index contributed by atoms with van der Waals surface area (Å²) < 4.78 is 2.78. The molecule has 0 spiro atoms. The van der Waals surface area contributed by atoms with E-state index in [1.807, 2.05) is 42.7 Å². The van der Waals surface area contributed by atoms with Crippen LogP contribution >= 0.6 is 50.9 Å². The highest BCUT2D eigenvalue weighted by atomic mass is 79.9. The molecule has 3 rings (SSSR count). The highest BCUT2D eigenvalue weighted by molar-refractivity contribution is 9.10. The minimum absolute atomic E-state index is 0.00338. The van der Waals surface area contributed by atoms with Gasteiger partial charge in [0.05, 0.1) is 22.4 Å². The molecule has 2 amide bonds. The molecule has 0 aliphatic heterocycles. The molecule has 2 aromatic carbocycles. The number of hydrogen-bond donors (Lipinski definition) is 2. The molecule has 0 aliphatic carbocycles. The van der Waals surface area contributed by atoms with Crippen molar-refractivity contribution in [3.8, 4) is 0 Å². The number of halogens is 3. The van der Waals surface area contributed by atoms with Gasteiger partial charge in [0.15, 0.2) is 11.0 Å². The number of amides is 2. The molecule has 0 saturated heterocycles. The molecule has 1 heterocycles. The third-order valence-electron chi connectivity index (χ3n) is 4.92. The van der Waals surface area contributed by atoms with Crippen molar-refractivity contribution in [3.63, 3.8) is 0 Å². The van der Waals surface area contributed by atoms with E-state index in [1.165, 1.54) is 17.8 Å². The minimum Gasteiger partial charge on any atom is -0.342 e. The molecule has 2 N–H and O–H groups in total. The highest BCUT2D eigenvalue weighted by Crippen LogP contribution is 2.27. The Morgan fingerprint density at radius 2 is 1.89 bits per heavy atom. The van der Waals surface area contributed by atoms with Crippen LogP contribution in [0.2, 0.25) is 10.0 Å².